The van der Waals surface area contributed by atoms with Crippen LogP contribution in [0.3, 0.4) is 0 Å². The summed E-state index contributed by atoms with van der Waals surface area (Å²) in [6, 6.07) is 5.01. The van der Waals surface area contributed by atoms with Crippen LogP contribution >= 0.6 is 0 Å². The predicted octanol–water partition coefficient (Wildman–Crippen LogP) is 9.92. The summed E-state index contributed by atoms with van der Waals surface area (Å²) in [6.45, 7) is 15.9. The molecule has 5 rings (SSSR count). The van der Waals surface area contributed by atoms with E-state index in [2.05, 4.69) is 59.9 Å². The van der Waals surface area contributed by atoms with Crippen molar-refractivity contribution in [3.8, 4) is 0 Å². The number of rotatable bonds is 6. The fraction of sp³-hybridized carbons (Fsp3) is 0.618. The van der Waals surface area contributed by atoms with Crippen LogP contribution in [0, 0.1) is 5.41 Å². The van der Waals surface area contributed by atoms with Crippen molar-refractivity contribution in [2.45, 2.75) is 128 Å². The quantitative estimate of drug-likeness (QED) is 0.271. The first-order valence-electron chi connectivity index (χ1n) is 15.2. The molecular formula is C34H46F3NO2Si. The lowest BCUT2D eigenvalue weighted by Gasteiger charge is -2.46. The highest BCUT2D eigenvalue weighted by atomic mass is 28.4. The Morgan fingerprint density at radius 2 is 1.68 bits per heavy atom. The average molecular weight is 586 g/mol. The molecule has 0 aliphatic heterocycles. The summed E-state index contributed by atoms with van der Waals surface area (Å²) in [5.74, 6) is 0.379. The minimum Gasteiger partial charge on any atom is -0.410 e. The van der Waals surface area contributed by atoms with E-state index in [-0.39, 0.29) is 28.4 Å². The fourth-order valence-electron chi connectivity index (χ4n) is 6.53. The Morgan fingerprint density at radius 1 is 1.02 bits per heavy atom. The number of nitrogens with zero attached hydrogens (tertiary/aromatic N) is 1. The number of hydrogen-bond acceptors (Lipinski definition) is 3. The van der Waals surface area contributed by atoms with E-state index in [1.165, 1.54) is 12.1 Å². The van der Waals surface area contributed by atoms with Crippen LogP contribution in [0.1, 0.15) is 136 Å². The number of benzene rings is 1. The predicted molar refractivity (Wildman–Crippen MR) is 161 cm³/mol. The maximum Gasteiger partial charge on any atom is 0.416 e. The van der Waals surface area contributed by atoms with Crippen molar-refractivity contribution in [3.63, 3.8) is 0 Å². The van der Waals surface area contributed by atoms with Crippen LogP contribution in [-0.4, -0.2) is 18.4 Å². The van der Waals surface area contributed by atoms with Gasteiger partial charge in [0.2, 0.25) is 0 Å². The summed E-state index contributed by atoms with van der Waals surface area (Å²) >= 11 is 0. The zero-order valence-electron chi connectivity index (χ0n) is 25.7. The van der Waals surface area contributed by atoms with Crippen molar-refractivity contribution >= 4 is 8.32 Å². The molecule has 1 aromatic carbocycles. The highest BCUT2D eigenvalue weighted by Gasteiger charge is 2.46. The monoisotopic (exact) mass is 585 g/mol. The van der Waals surface area contributed by atoms with Gasteiger partial charge >= 0.3 is 6.18 Å². The van der Waals surface area contributed by atoms with E-state index < -0.39 is 26.2 Å². The Bertz CT molecular complexity index is 1300. The molecule has 0 spiro atoms. The minimum atomic E-state index is -4.42. The summed E-state index contributed by atoms with van der Waals surface area (Å²) in [6.07, 6.45) is 5.65. The van der Waals surface area contributed by atoms with E-state index in [1.807, 2.05) is 0 Å². The van der Waals surface area contributed by atoms with Gasteiger partial charge < -0.3 is 9.53 Å². The van der Waals surface area contributed by atoms with Crippen molar-refractivity contribution in [2.24, 2.45) is 5.41 Å². The van der Waals surface area contributed by atoms with Gasteiger partial charge in [0.1, 0.15) is 6.10 Å². The molecular weight excluding hydrogens is 539 g/mol. The standard InChI is InChI=1S/C34H46F3NO2Si/c1-32(2,3)41(6,7)40-26-20-33(4,5)19-25-28(26)27(21-11-8-9-12-21)29(30(38-25)22-13-10-14-22)31(39)23-15-17-24(18-16-23)34(35,36)37/h8,11,15-18,21-22,26,31,39H,9-10,12-14,19-20H2,1-7H3/t21?,26?,31-/m1/s1. The molecule has 224 valence electrons. The van der Waals surface area contributed by atoms with Crippen LogP contribution in [0.25, 0.3) is 0 Å². The zero-order chi connectivity index (χ0) is 30.0. The van der Waals surface area contributed by atoms with Gasteiger partial charge in [-0.2, -0.15) is 13.2 Å². The number of hydrogen-bond donors (Lipinski definition) is 1. The molecule has 1 aromatic heterocycles. The van der Waals surface area contributed by atoms with Gasteiger partial charge in [-0.1, -0.05) is 65.3 Å². The molecule has 3 aliphatic rings. The van der Waals surface area contributed by atoms with Crippen LogP contribution < -0.4 is 0 Å². The first-order valence-corrected chi connectivity index (χ1v) is 18.2. The highest BCUT2D eigenvalue weighted by Crippen LogP contribution is 2.53. The van der Waals surface area contributed by atoms with E-state index in [1.54, 1.807) is 0 Å². The molecule has 2 aromatic rings. The van der Waals surface area contributed by atoms with Gasteiger partial charge in [-0.15, -0.1) is 0 Å². The molecule has 1 heterocycles. The third kappa shape index (κ3) is 5.96. The van der Waals surface area contributed by atoms with Crippen molar-refractivity contribution in [1.82, 2.24) is 4.98 Å². The van der Waals surface area contributed by atoms with E-state index in [4.69, 9.17) is 9.41 Å². The molecule has 1 saturated carbocycles. The van der Waals surface area contributed by atoms with Crippen molar-refractivity contribution in [2.75, 3.05) is 0 Å². The second kappa shape index (κ2) is 10.6. The molecule has 0 bridgehead atoms. The normalized spacial score (nSPS) is 23.8. The number of halogens is 3. The molecule has 2 unspecified atom stereocenters. The van der Waals surface area contributed by atoms with Crippen molar-refractivity contribution in [3.05, 3.63) is 75.6 Å². The lowest BCUT2D eigenvalue weighted by molar-refractivity contribution is -0.137. The lowest BCUT2D eigenvalue weighted by Crippen LogP contribution is -2.44. The fourth-order valence-corrected chi connectivity index (χ4v) is 7.80. The Labute approximate surface area is 244 Å². The molecule has 7 heteroatoms. The second-order valence-electron chi connectivity index (χ2n) is 14.9. The lowest BCUT2D eigenvalue weighted by atomic mass is 9.69. The number of aliphatic hydroxyl groups is 1. The molecule has 0 amide bonds. The van der Waals surface area contributed by atoms with Gasteiger partial charge in [-0.25, -0.2) is 0 Å². The first kappa shape index (κ1) is 30.5. The first-order chi connectivity index (χ1) is 19.0. The minimum absolute atomic E-state index is 0.0141. The number of aliphatic hydroxyl groups excluding tert-OH is 1. The molecule has 41 heavy (non-hydrogen) atoms. The Kier molecular flexibility index (Phi) is 7.91. The van der Waals surface area contributed by atoms with Gasteiger partial charge in [-0.3, -0.25) is 4.98 Å². The molecule has 3 aliphatic carbocycles. The van der Waals surface area contributed by atoms with Crippen LogP contribution in [0.15, 0.2) is 36.4 Å². The van der Waals surface area contributed by atoms with E-state index in [0.717, 1.165) is 85.2 Å². The number of aromatic nitrogens is 1. The summed E-state index contributed by atoms with van der Waals surface area (Å²) in [7, 11) is -2.16. The van der Waals surface area contributed by atoms with Gasteiger partial charge in [0.05, 0.1) is 17.4 Å². The summed E-state index contributed by atoms with van der Waals surface area (Å²) in [5.41, 5.74) is 4.88. The Morgan fingerprint density at radius 3 is 2.20 bits per heavy atom. The second-order valence-corrected chi connectivity index (χ2v) is 19.6. The zero-order valence-corrected chi connectivity index (χ0v) is 26.7. The molecule has 3 atom stereocenters. The van der Waals surface area contributed by atoms with Crippen LogP contribution in [0.2, 0.25) is 18.1 Å². The number of alkyl halides is 3. The SMILES string of the molecule is CC1(C)Cc2nc(C3CCC3)c([C@H](O)c3ccc(C(F)(F)F)cc3)c(C3C=CCC3)c2C(O[Si](C)(C)C(C)(C)C)C1. The molecule has 3 nitrogen and oxygen atoms in total. The number of fused-ring (bicyclic) bond motifs is 1. The number of allylic oxidation sites excluding steroid dienone is 2. The van der Waals surface area contributed by atoms with Crippen molar-refractivity contribution < 1.29 is 22.7 Å². The largest absolute Gasteiger partial charge is 0.416 e. The average Bonchev–Trinajstić information content (AvgIpc) is 3.34. The van der Waals surface area contributed by atoms with E-state index in [9.17, 15) is 18.3 Å². The van der Waals surface area contributed by atoms with Crippen LogP contribution in [0.4, 0.5) is 13.2 Å². The van der Waals surface area contributed by atoms with Gasteiger partial charge in [0.15, 0.2) is 8.32 Å². The molecule has 1 fully saturated rings. The van der Waals surface area contributed by atoms with Crippen molar-refractivity contribution in [1.29, 1.82) is 0 Å². The smallest absolute Gasteiger partial charge is 0.410 e. The maximum atomic E-state index is 13.4. The van der Waals surface area contributed by atoms with Gasteiger partial charge in [-0.05, 0) is 85.3 Å². The van der Waals surface area contributed by atoms with Crippen LogP contribution in [-0.2, 0) is 17.0 Å². The summed E-state index contributed by atoms with van der Waals surface area (Å²) in [5, 5.41) is 12.1. The van der Waals surface area contributed by atoms with Gasteiger partial charge in [0.25, 0.3) is 0 Å². The number of pyridine rings is 1. The van der Waals surface area contributed by atoms with Gasteiger partial charge in [0, 0.05) is 28.7 Å². The maximum absolute atomic E-state index is 13.4. The summed E-state index contributed by atoms with van der Waals surface area (Å²) < 4.78 is 47.3. The van der Waals surface area contributed by atoms with Crippen LogP contribution in [0.5, 0.6) is 0 Å². The Hall–Kier alpha value is -1.96. The third-order valence-corrected chi connectivity index (χ3v) is 14.6. The Balaban J connectivity index is 1.73. The molecule has 1 N–H and O–H groups in total. The third-order valence-electron chi connectivity index (χ3n) is 10.1. The topological polar surface area (TPSA) is 42.4 Å². The van der Waals surface area contributed by atoms with E-state index >= 15 is 0 Å². The molecule has 0 saturated heterocycles. The highest BCUT2D eigenvalue weighted by molar-refractivity contribution is 6.74. The van der Waals surface area contributed by atoms with E-state index in [0.29, 0.717) is 5.56 Å². The summed E-state index contributed by atoms with van der Waals surface area (Å²) in [4.78, 5) is 5.38. The molecule has 0 radical (unpaired) electrons.